The van der Waals surface area contributed by atoms with Crippen LogP contribution in [0.2, 0.25) is 10.0 Å². The number of hydrogen-bond donors (Lipinski definition) is 1. The Hall–Kier alpha value is -2.44. The van der Waals surface area contributed by atoms with Crippen LogP contribution in [-0.2, 0) is 13.2 Å². The van der Waals surface area contributed by atoms with Crippen molar-refractivity contribution in [1.82, 2.24) is 14.9 Å². The molecule has 0 spiro atoms. The quantitative estimate of drug-likeness (QED) is 0.674. The highest BCUT2D eigenvalue weighted by atomic mass is 35.5. The van der Waals surface area contributed by atoms with Crippen molar-refractivity contribution in [3.8, 4) is 11.5 Å². The molecule has 0 saturated carbocycles. The first-order chi connectivity index (χ1) is 12.2. The third-order valence-electron chi connectivity index (χ3n) is 3.45. The SMILES string of the molecule is COc1cc(CNn2cnnc2)cc(Cl)c1OCc1cccc(Cl)c1. The summed E-state index contributed by atoms with van der Waals surface area (Å²) in [7, 11) is 1.58. The molecule has 0 aliphatic heterocycles. The molecule has 0 bridgehead atoms. The van der Waals surface area contributed by atoms with E-state index in [1.807, 2.05) is 36.4 Å². The standard InChI is InChI=1S/C17H16Cl2N4O2/c1-24-16-7-13(8-22-23-10-20-21-11-23)6-15(19)17(16)25-9-12-3-2-4-14(18)5-12/h2-7,10-11,22H,8-9H2,1H3. The van der Waals surface area contributed by atoms with Crippen molar-refractivity contribution >= 4 is 23.2 Å². The Morgan fingerprint density at radius 3 is 2.60 bits per heavy atom. The molecule has 6 nitrogen and oxygen atoms in total. The van der Waals surface area contributed by atoms with Gasteiger partial charge in [-0.1, -0.05) is 35.3 Å². The average molecular weight is 379 g/mol. The van der Waals surface area contributed by atoms with Gasteiger partial charge in [-0.25, -0.2) is 4.68 Å². The number of hydrogen-bond acceptors (Lipinski definition) is 5. The molecule has 3 aromatic rings. The minimum absolute atomic E-state index is 0.342. The van der Waals surface area contributed by atoms with Gasteiger partial charge in [0.1, 0.15) is 19.3 Å². The molecule has 0 atom stereocenters. The van der Waals surface area contributed by atoms with Crippen LogP contribution >= 0.6 is 23.2 Å². The number of rotatable bonds is 7. The molecule has 0 unspecified atom stereocenters. The van der Waals surface area contributed by atoms with Gasteiger partial charge < -0.3 is 14.9 Å². The van der Waals surface area contributed by atoms with Crippen molar-refractivity contribution in [3.05, 3.63) is 70.2 Å². The van der Waals surface area contributed by atoms with E-state index in [0.717, 1.165) is 11.1 Å². The van der Waals surface area contributed by atoms with Crippen molar-refractivity contribution in [2.24, 2.45) is 0 Å². The van der Waals surface area contributed by atoms with Gasteiger partial charge in [-0.2, -0.15) is 0 Å². The maximum atomic E-state index is 6.38. The van der Waals surface area contributed by atoms with E-state index >= 15 is 0 Å². The Bertz CT molecular complexity index is 841. The van der Waals surface area contributed by atoms with Gasteiger partial charge >= 0.3 is 0 Å². The molecule has 0 saturated heterocycles. The van der Waals surface area contributed by atoms with Crippen molar-refractivity contribution in [2.45, 2.75) is 13.2 Å². The summed E-state index contributed by atoms with van der Waals surface area (Å²) in [5.74, 6) is 1.06. The van der Waals surface area contributed by atoms with E-state index in [9.17, 15) is 0 Å². The van der Waals surface area contributed by atoms with E-state index in [2.05, 4.69) is 15.6 Å². The van der Waals surface area contributed by atoms with E-state index in [1.54, 1.807) is 24.4 Å². The van der Waals surface area contributed by atoms with Crippen LogP contribution in [0.15, 0.2) is 49.1 Å². The molecule has 1 aromatic heterocycles. The molecular weight excluding hydrogens is 363 g/mol. The molecule has 0 amide bonds. The summed E-state index contributed by atoms with van der Waals surface area (Å²) in [5.41, 5.74) is 5.01. The first-order valence-electron chi connectivity index (χ1n) is 7.48. The fourth-order valence-corrected chi connectivity index (χ4v) is 2.76. The molecule has 1 N–H and O–H groups in total. The first kappa shape index (κ1) is 17.4. The average Bonchev–Trinajstić information content (AvgIpc) is 3.12. The molecule has 25 heavy (non-hydrogen) atoms. The van der Waals surface area contributed by atoms with Gasteiger partial charge in [0.05, 0.1) is 18.7 Å². The minimum Gasteiger partial charge on any atom is -0.493 e. The fraction of sp³-hybridized carbons (Fsp3) is 0.176. The Kier molecular flexibility index (Phi) is 5.63. The molecule has 0 fully saturated rings. The second kappa shape index (κ2) is 8.09. The Labute approximate surface area is 155 Å². The second-order valence-electron chi connectivity index (χ2n) is 5.23. The van der Waals surface area contributed by atoms with Crippen molar-refractivity contribution in [2.75, 3.05) is 12.5 Å². The molecule has 0 radical (unpaired) electrons. The van der Waals surface area contributed by atoms with Gasteiger partial charge in [0.25, 0.3) is 0 Å². The number of aromatic nitrogens is 3. The molecule has 2 aromatic carbocycles. The number of nitrogens with zero attached hydrogens (tertiary/aromatic N) is 3. The van der Waals surface area contributed by atoms with Gasteiger partial charge in [0, 0.05) is 5.02 Å². The molecule has 3 rings (SSSR count). The van der Waals surface area contributed by atoms with Crippen LogP contribution in [0.4, 0.5) is 0 Å². The number of benzene rings is 2. The highest BCUT2D eigenvalue weighted by Crippen LogP contribution is 2.37. The van der Waals surface area contributed by atoms with Gasteiger partial charge in [-0.05, 0) is 35.4 Å². The molecule has 130 valence electrons. The zero-order chi connectivity index (χ0) is 17.6. The summed E-state index contributed by atoms with van der Waals surface area (Å²) in [6.45, 7) is 0.873. The monoisotopic (exact) mass is 378 g/mol. The van der Waals surface area contributed by atoms with Gasteiger partial charge in [0.15, 0.2) is 11.5 Å². The normalized spacial score (nSPS) is 10.5. The lowest BCUT2D eigenvalue weighted by atomic mass is 10.2. The molecular formula is C17H16Cl2N4O2. The largest absolute Gasteiger partial charge is 0.493 e. The zero-order valence-electron chi connectivity index (χ0n) is 13.4. The number of ether oxygens (including phenoxy) is 2. The topological polar surface area (TPSA) is 61.2 Å². The van der Waals surface area contributed by atoms with E-state index in [-0.39, 0.29) is 0 Å². The second-order valence-corrected chi connectivity index (χ2v) is 6.08. The Balaban J connectivity index is 1.72. The summed E-state index contributed by atoms with van der Waals surface area (Å²) < 4.78 is 12.9. The molecule has 0 aliphatic carbocycles. The third kappa shape index (κ3) is 4.55. The molecule has 0 aliphatic rings. The predicted molar refractivity (Wildman–Crippen MR) is 96.9 cm³/mol. The van der Waals surface area contributed by atoms with Crippen LogP contribution in [-0.4, -0.2) is 22.0 Å². The maximum absolute atomic E-state index is 6.38. The zero-order valence-corrected chi connectivity index (χ0v) is 15.0. The lowest BCUT2D eigenvalue weighted by Gasteiger charge is -2.15. The van der Waals surface area contributed by atoms with E-state index in [1.165, 1.54) is 0 Å². The van der Waals surface area contributed by atoms with Crippen LogP contribution in [0.5, 0.6) is 11.5 Å². The maximum Gasteiger partial charge on any atom is 0.180 e. The summed E-state index contributed by atoms with van der Waals surface area (Å²) in [6, 6.07) is 11.2. The van der Waals surface area contributed by atoms with Crippen LogP contribution in [0.1, 0.15) is 11.1 Å². The minimum atomic E-state index is 0.342. The van der Waals surface area contributed by atoms with Crippen molar-refractivity contribution in [1.29, 1.82) is 0 Å². The number of nitrogens with one attached hydrogen (secondary N) is 1. The number of halogens is 2. The van der Waals surface area contributed by atoms with Crippen LogP contribution in [0, 0.1) is 0 Å². The van der Waals surface area contributed by atoms with Crippen LogP contribution < -0.4 is 14.9 Å². The van der Waals surface area contributed by atoms with E-state index in [0.29, 0.717) is 34.7 Å². The number of methoxy groups -OCH3 is 1. The highest BCUT2D eigenvalue weighted by Gasteiger charge is 2.12. The van der Waals surface area contributed by atoms with Gasteiger partial charge in [0.2, 0.25) is 0 Å². The van der Waals surface area contributed by atoms with E-state index in [4.69, 9.17) is 32.7 Å². The van der Waals surface area contributed by atoms with Gasteiger partial charge in [-0.3, -0.25) is 0 Å². The Morgan fingerprint density at radius 2 is 1.88 bits per heavy atom. The van der Waals surface area contributed by atoms with E-state index < -0.39 is 0 Å². The van der Waals surface area contributed by atoms with Crippen LogP contribution in [0.25, 0.3) is 0 Å². The predicted octanol–water partition coefficient (Wildman–Crippen LogP) is 3.92. The smallest absolute Gasteiger partial charge is 0.180 e. The summed E-state index contributed by atoms with van der Waals surface area (Å²) in [5, 5.41) is 8.59. The fourth-order valence-electron chi connectivity index (χ4n) is 2.26. The molecule has 1 heterocycles. The summed E-state index contributed by atoms with van der Waals surface area (Å²) in [6.07, 6.45) is 3.14. The Morgan fingerprint density at radius 1 is 1.08 bits per heavy atom. The third-order valence-corrected chi connectivity index (χ3v) is 3.96. The highest BCUT2D eigenvalue weighted by molar-refractivity contribution is 6.32. The lowest BCUT2D eigenvalue weighted by molar-refractivity contribution is 0.284. The van der Waals surface area contributed by atoms with Crippen molar-refractivity contribution < 1.29 is 9.47 Å². The summed E-state index contributed by atoms with van der Waals surface area (Å²) in [4.78, 5) is 0. The summed E-state index contributed by atoms with van der Waals surface area (Å²) >= 11 is 12.4. The molecule has 8 heteroatoms. The lowest BCUT2D eigenvalue weighted by Crippen LogP contribution is -2.12. The van der Waals surface area contributed by atoms with Crippen molar-refractivity contribution in [3.63, 3.8) is 0 Å². The first-order valence-corrected chi connectivity index (χ1v) is 8.23. The van der Waals surface area contributed by atoms with Gasteiger partial charge in [-0.15, -0.1) is 10.2 Å². The van der Waals surface area contributed by atoms with Crippen LogP contribution in [0.3, 0.4) is 0 Å².